The lowest BCUT2D eigenvalue weighted by Crippen LogP contribution is -2.21. The lowest BCUT2D eigenvalue weighted by Gasteiger charge is -2.13. The van der Waals surface area contributed by atoms with Crippen LogP contribution in [0.4, 0.5) is 0 Å². The molecule has 2 N–H and O–H groups in total. The molecule has 0 bridgehead atoms. The van der Waals surface area contributed by atoms with Crippen LogP contribution < -0.4 is 5.73 Å². The number of nitrogens with two attached hydrogens (primary N) is 1. The summed E-state index contributed by atoms with van der Waals surface area (Å²) in [5.41, 5.74) is 7.90. The molecular weight excluding hydrogens is 158 g/mol. The van der Waals surface area contributed by atoms with E-state index in [-0.39, 0.29) is 5.54 Å². The van der Waals surface area contributed by atoms with Crippen LogP contribution in [0.2, 0.25) is 0 Å². The smallest absolute Gasteiger partial charge is 0.0192 e. The summed E-state index contributed by atoms with van der Waals surface area (Å²) in [4.78, 5) is 0. The molecule has 1 nitrogen and oxygen atoms in total. The first-order chi connectivity index (χ1) is 6.28. The third-order valence-corrected chi connectivity index (χ3v) is 3.75. The molecule has 2 aliphatic rings. The van der Waals surface area contributed by atoms with Crippen LogP contribution >= 0.6 is 0 Å². The highest BCUT2D eigenvalue weighted by molar-refractivity contribution is 5.27. The van der Waals surface area contributed by atoms with Crippen molar-refractivity contribution in [3.63, 3.8) is 0 Å². The third-order valence-electron chi connectivity index (χ3n) is 3.75. The van der Waals surface area contributed by atoms with Gasteiger partial charge in [-0.05, 0) is 36.7 Å². The fourth-order valence-corrected chi connectivity index (χ4v) is 2.83. The highest BCUT2D eigenvalue weighted by atomic mass is 14.9. The van der Waals surface area contributed by atoms with Crippen molar-refractivity contribution in [1.82, 2.24) is 0 Å². The normalized spacial score (nSPS) is 41.6. The van der Waals surface area contributed by atoms with Gasteiger partial charge in [-0.15, -0.1) is 0 Å². The van der Waals surface area contributed by atoms with Crippen LogP contribution in [-0.2, 0) is 0 Å². The molecule has 13 heavy (non-hydrogen) atoms. The third kappa shape index (κ3) is 1.11. The Balaban J connectivity index is 1.82. The molecule has 0 aromatic heterocycles. The van der Waals surface area contributed by atoms with Crippen LogP contribution in [0.1, 0.15) is 30.7 Å². The zero-order chi connectivity index (χ0) is 8.89. The van der Waals surface area contributed by atoms with Crippen molar-refractivity contribution in [1.29, 1.82) is 0 Å². The van der Waals surface area contributed by atoms with Crippen LogP contribution in [0, 0.1) is 5.92 Å². The molecule has 0 radical (unpaired) electrons. The van der Waals surface area contributed by atoms with E-state index < -0.39 is 0 Å². The summed E-state index contributed by atoms with van der Waals surface area (Å²) in [6, 6.07) is 10.8. The maximum absolute atomic E-state index is 6.18. The van der Waals surface area contributed by atoms with Gasteiger partial charge in [-0.2, -0.15) is 0 Å². The molecular formula is C12H15N. The van der Waals surface area contributed by atoms with Gasteiger partial charge in [0.05, 0.1) is 0 Å². The lowest BCUT2D eigenvalue weighted by molar-refractivity contribution is 0.585. The average molecular weight is 173 g/mol. The largest absolute Gasteiger partial charge is 0.325 e. The van der Waals surface area contributed by atoms with Gasteiger partial charge in [0.1, 0.15) is 0 Å². The molecule has 68 valence electrons. The molecule has 2 fully saturated rings. The van der Waals surface area contributed by atoms with E-state index in [9.17, 15) is 0 Å². The summed E-state index contributed by atoms with van der Waals surface area (Å²) < 4.78 is 0. The molecule has 0 heterocycles. The minimum atomic E-state index is 0.237. The molecule has 3 atom stereocenters. The van der Waals surface area contributed by atoms with Crippen LogP contribution in [0.25, 0.3) is 0 Å². The zero-order valence-corrected chi connectivity index (χ0v) is 7.74. The lowest BCUT2D eigenvalue weighted by atomic mass is 9.94. The zero-order valence-electron chi connectivity index (χ0n) is 7.74. The van der Waals surface area contributed by atoms with E-state index in [1.54, 1.807) is 0 Å². The summed E-state index contributed by atoms with van der Waals surface area (Å²) in [5.74, 6) is 1.57. The molecule has 3 rings (SSSR count). The Labute approximate surface area is 78.9 Å². The van der Waals surface area contributed by atoms with E-state index in [0.717, 1.165) is 11.8 Å². The molecule has 2 saturated carbocycles. The minimum Gasteiger partial charge on any atom is -0.325 e. The molecule has 1 aromatic rings. The molecule has 1 aromatic carbocycles. The van der Waals surface area contributed by atoms with Crippen molar-refractivity contribution < 1.29 is 0 Å². The van der Waals surface area contributed by atoms with Crippen molar-refractivity contribution >= 4 is 0 Å². The van der Waals surface area contributed by atoms with E-state index >= 15 is 0 Å². The topological polar surface area (TPSA) is 26.0 Å². The predicted molar refractivity (Wildman–Crippen MR) is 53.4 cm³/mol. The minimum absolute atomic E-state index is 0.237. The molecule has 0 unspecified atom stereocenters. The second kappa shape index (κ2) is 2.36. The Morgan fingerprint density at radius 3 is 2.54 bits per heavy atom. The summed E-state index contributed by atoms with van der Waals surface area (Å²) in [7, 11) is 0. The fraction of sp³-hybridized carbons (Fsp3) is 0.500. The molecule has 2 aliphatic carbocycles. The van der Waals surface area contributed by atoms with Crippen LogP contribution in [0.3, 0.4) is 0 Å². The van der Waals surface area contributed by atoms with Crippen molar-refractivity contribution in [3.8, 4) is 0 Å². The van der Waals surface area contributed by atoms with Gasteiger partial charge in [0.2, 0.25) is 0 Å². The Morgan fingerprint density at radius 2 is 1.92 bits per heavy atom. The van der Waals surface area contributed by atoms with Crippen LogP contribution in [-0.4, -0.2) is 5.54 Å². The van der Waals surface area contributed by atoms with E-state index in [2.05, 4.69) is 30.3 Å². The summed E-state index contributed by atoms with van der Waals surface area (Å²) >= 11 is 0. The van der Waals surface area contributed by atoms with Crippen LogP contribution in [0.5, 0.6) is 0 Å². The standard InChI is InChI=1S/C12H15N/c13-12-7-10(6-11(12)8-12)9-4-2-1-3-5-9/h1-5,10-11H,6-8,13H2/t10-,11+,12-/m0/s1. The van der Waals surface area contributed by atoms with Gasteiger partial charge in [-0.25, -0.2) is 0 Å². The van der Waals surface area contributed by atoms with Gasteiger partial charge in [0.25, 0.3) is 0 Å². The Bertz CT molecular complexity index is 319. The monoisotopic (exact) mass is 173 g/mol. The van der Waals surface area contributed by atoms with Gasteiger partial charge in [-0.1, -0.05) is 30.3 Å². The van der Waals surface area contributed by atoms with E-state index in [0.29, 0.717) is 0 Å². The van der Waals surface area contributed by atoms with E-state index in [1.807, 2.05) is 0 Å². The maximum atomic E-state index is 6.18. The summed E-state index contributed by atoms with van der Waals surface area (Å²) in [6.45, 7) is 0. The van der Waals surface area contributed by atoms with Crippen molar-refractivity contribution in [2.24, 2.45) is 11.7 Å². The number of hydrogen-bond donors (Lipinski definition) is 1. The predicted octanol–water partition coefficient (Wildman–Crippen LogP) is 2.28. The highest BCUT2D eigenvalue weighted by Crippen LogP contribution is 2.58. The molecule has 0 aliphatic heterocycles. The maximum Gasteiger partial charge on any atom is 0.0192 e. The summed E-state index contributed by atoms with van der Waals surface area (Å²) in [6.07, 6.45) is 3.80. The van der Waals surface area contributed by atoms with Crippen molar-refractivity contribution in [2.75, 3.05) is 0 Å². The second-order valence-corrected chi connectivity index (χ2v) is 4.68. The Hall–Kier alpha value is -0.820. The first-order valence-electron chi connectivity index (χ1n) is 5.12. The first-order valence-corrected chi connectivity index (χ1v) is 5.12. The van der Waals surface area contributed by atoms with Gasteiger partial charge < -0.3 is 5.73 Å². The van der Waals surface area contributed by atoms with Crippen molar-refractivity contribution in [2.45, 2.75) is 30.7 Å². The van der Waals surface area contributed by atoms with Crippen molar-refractivity contribution in [3.05, 3.63) is 35.9 Å². The molecule has 1 heteroatoms. The summed E-state index contributed by atoms with van der Waals surface area (Å²) in [5, 5.41) is 0. The van der Waals surface area contributed by atoms with Crippen LogP contribution in [0.15, 0.2) is 30.3 Å². The molecule has 0 spiro atoms. The molecule has 0 amide bonds. The molecule has 0 saturated heterocycles. The SMILES string of the molecule is N[C@]12C[C@@H](c3ccccc3)C[C@@H]1C2. The van der Waals surface area contributed by atoms with Gasteiger partial charge in [0, 0.05) is 5.54 Å². The van der Waals surface area contributed by atoms with Gasteiger partial charge in [-0.3, -0.25) is 0 Å². The van der Waals surface area contributed by atoms with Gasteiger partial charge in [0.15, 0.2) is 0 Å². The Kier molecular flexibility index (Phi) is 1.37. The number of rotatable bonds is 1. The second-order valence-electron chi connectivity index (χ2n) is 4.68. The number of benzene rings is 1. The number of fused-ring (bicyclic) bond motifs is 1. The average Bonchev–Trinajstić information content (AvgIpc) is 2.67. The first kappa shape index (κ1) is 7.57. The van der Waals surface area contributed by atoms with E-state index in [1.165, 1.54) is 24.8 Å². The quantitative estimate of drug-likeness (QED) is 0.692. The number of hydrogen-bond acceptors (Lipinski definition) is 1. The highest BCUT2D eigenvalue weighted by Gasteiger charge is 2.57. The van der Waals surface area contributed by atoms with E-state index in [4.69, 9.17) is 5.73 Å². The fourth-order valence-electron chi connectivity index (χ4n) is 2.83. The van der Waals surface area contributed by atoms with Gasteiger partial charge >= 0.3 is 0 Å². The Morgan fingerprint density at radius 1 is 1.15 bits per heavy atom.